The largest absolute Gasteiger partial charge is 0.387 e. The number of nitrogens with one attached hydrogen (secondary N) is 1. The number of halogens is 1. The van der Waals surface area contributed by atoms with Crippen molar-refractivity contribution in [2.45, 2.75) is 31.9 Å². The Balaban J connectivity index is 1.73. The number of aliphatic hydroxyl groups is 1. The van der Waals surface area contributed by atoms with E-state index >= 15 is 0 Å². The fourth-order valence-corrected chi connectivity index (χ4v) is 2.90. The van der Waals surface area contributed by atoms with E-state index in [1.165, 1.54) is 0 Å². The molecule has 0 aliphatic carbocycles. The number of aryl methyl sites for hydroxylation is 1. The van der Waals surface area contributed by atoms with Crippen LogP contribution in [0, 0.1) is 0 Å². The van der Waals surface area contributed by atoms with Crippen molar-refractivity contribution in [1.29, 1.82) is 0 Å². The topological polar surface area (TPSA) is 45.2 Å². The number of rotatable bonds is 7. The molecule has 0 spiro atoms. The molecule has 2 atom stereocenters. The van der Waals surface area contributed by atoms with Crippen molar-refractivity contribution in [2.75, 3.05) is 6.54 Å². The summed E-state index contributed by atoms with van der Waals surface area (Å²) in [7, 11) is 0. The highest BCUT2D eigenvalue weighted by Gasteiger charge is 2.10. The van der Waals surface area contributed by atoms with E-state index in [0.29, 0.717) is 17.7 Å². The fourth-order valence-electron chi connectivity index (χ4n) is 1.98. The fraction of sp³-hybridized carbons (Fsp3) is 0.400. The molecule has 3 nitrogen and oxygen atoms in total. The molecule has 0 saturated heterocycles. The van der Waals surface area contributed by atoms with Crippen LogP contribution in [0.3, 0.4) is 0 Å². The zero-order chi connectivity index (χ0) is 14.4. The Labute approximate surface area is 128 Å². The van der Waals surface area contributed by atoms with Crippen LogP contribution in [-0.2, 0) is 6.42 Å². The second-order valence-electron chi connectivity index (χ2n) is 4.87. The summed E-state index contributed by atoms with van der Waals surface area (Å²) < 4.78 is 0. The van der Waals surface area contributed by atoms with E-state index in [-0.39, 0.29) is 0 Å². The number of hydrogen-bond acceptors (Lipinski definition) is 4. The van der Waals surface area contributed by atoms with Crippen molar-refractivity contribution >= 4 is 22.9 Å². The number of aromatic nitrogens is 1. The van der Waals surface area contributed by atoms with E-state index in [1.54, 1.807) is 17.5 Å². The number of pyridine rings is 1. The highest BCUT2D eigenvalue weighted by molar-refractivity contribution is 7.07. The maximum absolute atomic E-state index is 10.0. The Morgan fingerprint density at radius 1 is 1.45 bits per heavy atom. The second-order valence-corrected chi connectivity index (χ2v) is 6.01. The van der Waals surface area contributed by atoms with Gasteiger partial charge in [0, 0.05) is 18.8 Å². The summed E-state index contributed by atoms with van der Waals surface area (Å²) in [6.45, 7) is 2.68. The van der Waals surface area contributed by atoms with Crippen LogP contribution in [0.4, 0.5) is 0 Å². The van der Waals surface area contributed by atoms with Crippen molar-refractivity contribution in [2.24, 2.45) is 0 Å². The standard InChI is InChI=1S/C15H19ClN2OS/c1-11(4-5-12-3-2-7-17-15(12)16)18-9-14(19)13-6-8-20-10-13/h2-3,6-8,10-11,14,18-19H,4-5,9H2,1H3. The van der Waals surface area contributed by atoms with Crippen LogP contribution in [0.2, 0.25) is 5.15 Å². The Kier molecular flexibility index (Phi) is 5.98. The summed E-state index contributed by atoms with van der Waals surface area (Å²) in [5, 5.41) is 17.9. The van der Waals surface area contributed by atoms with Gasteiger partial charge >= 0.3 is 0 Å². The SMILES string of the molecule is CC(CCc1cccnc1Cl)NCC(O)c1ccsc1. The van der Waals surface area contributed by atoms with Crippen LogP contribution in [0.5, 0.6) is 0 Å². The molecule has 2 aromatic heterocycles. The first-order valence-electron chi connectivity index (χ1n) is 6.69. The summed E-state index contributed by atoms with van der Waals surface area (Å²) in [5.41, 5.74) is 2.05. The normalized spacial score (nSPS) is 14.2. The van der Waals surface area contributed by atoms with Gasteiger partial charge in [-0.05, 0) is 53.8 Å². The molecule has 2 aromatic rings. The molecule has 20 heavy (non-hydrogen) atoms. The van der Waals surface area contributed by atoms with Gasteiger partial charge in [0.1, 0.15) is 5.15 Å². The average molecular weight is 311 g/mol. The van der Waals surface area contributed by atoms with Gasteiger partial charge in [-0.15, -0.1) is 0 Å². The first kappa shape index (κ1) is 15.4. The van der Waals surface area contributed by atoms with Crippen LogP contribution in [0.15, 0.2) is 35.2 Å². The first-order chi connectivity index (χ1) is 9.66. The molecule has 5 heteroatoms. The van der Waals surface area contributed by atoms with Crippen LogP contribution in [0.25, 0.3) is 0 Å². The molecule has 0 aromatic carbocycles. The van der Waals surface area contributed by atoms with E-state index in [9.17, 15) is 5.11 Å². The van der Waals surface area contributed by atoms with Gasteiger partial charge in [-0.25, -0.2) is 4.98 Å². The maximum Gasteiger partial charge on any atom is 0.132 e. The minimum atomic E-state index is -0.439. The highest BCUT2D eigenvalue weighted by atomic mass is 35.5. The van der Waals surface area contributed by atoms with Crippen LogP contribution < -0.4 is 5.32 Å². The summed E-state index contributed by atoms with van der Waals surface area (Å²) in [6, 6.07) is 6.18. The monoisotopic (exact) mass is 310 g/mol. The third-order valence-corrected chi connectivity index (χ3v) is 4.31. The third-order valence-electron chi connectivity index (χ3n) is 3.27. The van der Waals surface area contributed by atoms with Crippen molar-refractivity contribution in [3.8, 4) is 0 Å². The lowest BCUT2D eigenvalue weighted by Gasteiger charge is -2.16. The molecular formula is C15H19ClN2OS. The average Bonchev–Trinajstić information content (AvgIpc) is 2.98. The van der Waals surface area contributed by atoms with Gasteiger partial charge in [-0.1, -0.05) is 17.7 Å². The summed E-state index contributed by atoms with van der Waals surface area (Å²) in [4.78, 5) is 4.07. The number of hydrogen-bond donors (Lipinski definition) is 2. The van der Waals surface area contributed by atoms with Gasteiger partial charge < -0.3 is 10.4 Å². The summed E-state index contributed by atoms with van der Waals surface area (Å²) in [6.07, 6.45) is 3.10. The maximum atomic E-state index is 10.0. The predicted molar refractivity (Wildman–Crippen MR) is 84.3 cm³/mol. The minimum Gasteiger partial charge on any atom is -0.387 e. The number of thiophene rings is 1. The van der Waals surface area contributed by atoms with E-state index in [4.69, 9.17) is 11.6 Å². The van der Waals surface area contributed by atoms with E-state index < -0.39 is 6.10 Å². The zero-order valence-electron chi connectivity index (χ0n) is 11.4. The zero-order valence-corrected chi connectivity index (χ0v) is 13.0. The Hall–Kier alpha value is -0.940. The van der Waals surface area contributed by atoms with Gasteiger partial charge in [-0.3, -0.25) is 0 Å². The third kappa shape index (κ3) is 4.56. The molecule has 108 valence electrons. The molecule has 0 aliphatic rings. The van der Waals surface area contributed by atoms with E-state index in [0.717, 1.165) is 24.0 Å². The minimum absolute atomic E-state index is 0.319. The van der Waals surface area contributed by atoms with Gasteiger partial charge in [-0.2, -0.15) is 11.3 Å². The summed E-state index contributed by atoms with van der Waals surface area (Å²) in [5.74, 6) is 0. The van der Waals surface area contributed by atoms with Crippen molar-refractivity contribution in [3.05, 3.63) is 51.4 Å². The van der Waals surface area contributed by atoms with E-state index in [1.807, 2.05) is 29.0 Å². The lowest BCUT2D eigenvalue weighted by atomic mass is 10.1. The molecule has 2 unspecified atom stereocenters. The number of aliphatic hydroxyl groups excluding tert-OH is 1. The van der Waals surface area contributed by atoms with Crippen LogP contribution in [-0.4, -0.2) is 22.7 Å². The Bertz CT molecular complexity index is 518. The second kappa shape index (κ2) is 7.74. The molecule has 0 bridgehead atoms. The molecule has 0 amide bonds. The van der Waals surface area contributed by atoms with Crippen molar-refractivity contribution < 1.29 is 5.11 Å². The van der Waals surface area contributed by atoms with Crippen LogP contribution >= 0.6 is 22.9 Å². The quantitative estimate of drug-likeness (QED) is 0.770. The molecule has 0 fully saturated rings. The first-order valence-corrected chi connectivity index (χ1v) is 8.02. The Morgan fingerprint density at radius 2 is 2.30 bits per heavy atom. The lowest BCUT2D eigenvalue weighted by molar-refractivity contribution is 0.170. The number of nitrogens with zero attached hydrogens (tertiary/aromatic N) is 1. The highest BCUT2D eigenvalue weighted by Crippen LogP contribution is 2.16. The van der Waals surface area contributed by atoms with Gasteiger partial charge in [0.15, 0.2) is 0 Å². The van der Waals surface area contributed by atoms with Gasteiger partial charge in [0.05, 0.1) is 6.10 Å². The molecule has 2 N–H and O–H groups in total. The van der Waals surface area contributed by atoms with Crippen molar-refractivity contribution in [1.82, 2.24) is 10.3 Å². The predicted octanol–water partition coefficient (Wildman–Crippen LogP) is 3.44. The van der Waals surface area contributed by atoms with Gasteiger partial charge in [0.2, 0.25) is 0 Å². The molecule has 2 rings (SSSR count). The van der Waals surface area contributed by atoms with Crippen LogP contribution in [0.1, 0.15) is 30.6 Å². The smallest absolute Gasteiger partial charge is 0.132 e. The molecular weight excluding hydrogens is 292 g/mol. The molecule has 0 radical (unpaired) electrons. The lowest BCUT2D eigenvalue weighted by Crippen LogP contribution is -2.30. The van der Waals surface area contributed by atoms with E-state index in [2.05, 4.69) is 17.2 Å². The molecule has 0 saturated carbocycles. The Morgan fingerprint density at radius 3 is 3.00 bits per heavy atom. The molecule has 2 heterocycles. The molecule has 0 aliphatic heterocycles. The van der Waals surface area contributed by atoms with Crippen molar-refractivity contribution in [3.63, 3.8) is 0 Å². The summed E-state index contributed by atoms with van der Waals surface area (Å²) >= 11 is 7.63. The van der Waals surface area contributed by atoms with Gasteiger partial charge in [0.25, 0.3) is 0 Å².